The average molecular weight is 513 g/mol. The lowest BCUT2D eigenvalue weighted by Crippen LogP contribution is -2.34. The molecule has 0 bridgehead atoms. The molecule has 1 saturated heterocycles. The molecule has 15 heteroatoms. The molecule has 1 aliphatic carbocycles. The Hall–Kier alpha value is -1.44. The third-order valence-corrected chi connectivity index (χ3v) is 6.44. The molecule has 1 aliphatic heterocycles. The van der Waals surface area contributed by atoms with E-state index >= 15 is 0 Å². The fourth-order valence-electron chi connectivity index (χ4n) is 4.08. The number of fused-ring (bicyclic) bond motifs is 1. The topological polar surface area (TPSA) is 159 Å². The van der Waals surface area contributed by atoms with Crippen LogP contribution in [-0.4, -0.2) is 77.8 Å². The van der Waals surface area contributed by atoms with Crippen LogP contribution in [0.1, 0.15) is 31.9 Å². The summed E-state index contributed by atoms with van der Waals surface area (Å²) in [4.78, 5) is 26.1. The van der Waals surface area contributed by atoms with Crippen molar-refractivity contribution < 1.29 is 42.8 Å². The number of rotatable bonds is 7. The van der Waals surface area contributed by atoms with Crippen molar-refractivity contribution >= 4 is 36.0 Å². The monoisotopic (exact) mass is 512 g/mol. The quantitative estimate of drug-likeness (QED) is 0.273. The number of alkyl halides is 2. The predicted molar refractivity (Wildman–Crippen MR) is 112 cm³/mol. The number of anilines is 1. The molecule has 1 saturated carbocycles. The molecule has 5 N–H and O–H groups in total. The molecule has 2 aromatic heterocycles. The second-order valence-electron chi connectivity index (χ2n) is 8.29. The van der Waals surface area contributed by atoms with Crippen molar-refractivity contribution in [3.05, 3.63) is 17.5 Å². The number of nitrogens with one attached hydrogen (secondary N) is 1. The lowest BCUT2D eigenvalue weighted by molar-refractivity contribution is -0.0610. The van der Waals surface area contributed by atoms with Gasteiger partial charge in [-0.25, -0.2) is 13.8 Å². The van der Waals surface area contributed by atoms with E-state index in [0.29, 0.717) is 11.2 Å². The first-order valence-corrected chi connectivity index (χ1v) is 12.4. The molecule has 2 aromatic rings. The summed E-state index contributed by atoms with van der Waals surface area (Å²) >= 11 is 6.09. The van der Waals surface area contributed by atoms with Gasteiger partial charge in [-0.2, -0.15) is 4.98 Å². The molecule has 3 heterocycles. The van der Waals surface area contributed by atoms with Crippen molar-refractivity contribution in [1.82, 2.24) is 14.5 Å². The standard InChI is InChI=1S/C18H24ClF2N4O7P/c19-17-23-14(22-9-1-4-18(20,21)5-2-9)10-3-6-25(15(10)24-17)16-13(27)12(26)11(32-16)7-31-8-33(28,29)30/h3,6,9,11-13,16,26-27H,1-2,4-5,7-8H2,(H,22,23,24)(H2,28,29,30)/t11-,12-,13-,16-/m1/s1. The first-order chi connectivity index (χ1) is 15.4. The van der Waals surface area contributed by atoms with Gasteiger partial charge in [0, 0.05) is 25.1 Å². The highest BCUT2D eigenvalue weighted by molar-refractivity contribution is 7.51. The van der Waals surface area contributed by atoms with Gasteiger partial charge in [-0.1, -0.05) is 0 Å². The van der Waals surface area contributed by atoms with Gasteiger partial charge in [-0.15, -0.1) is 0 Å². The SMILES string of the molecule is O=P(O)(O)COC[C@H]1O[C@@H](n2ccc3c(NC4CCC(F)(F)CC4)nc(Cl)nc32)[C@H](O)[C@@H]1O. The predicted octanol–water partition coefficient (Wildman–Crippen LogP) is 1.85. The Balaban J connectivity index is 1.52. The zero-order valence-corrected chi connectivity index (χ0v) is 18.9. The zero-order valence-electron chi connectivity index (χ0n) is 17.2. The fraction of sp³-hybridized carbons (Fsp3) is 0.667. The fourth-order valence-corrected chi connectivity index (χ4v) is 4.59. The molecule has 0 amide bonds. The molecule has 0 spiro atoms. The Morgan fingerprint density at radius 1 is 1.27 bits per heavy atom. The zero-order chi connectivity index (χ0) is 24.0. The third kappa shape index (κ3) is 5.63. The van der Waals surface area contributed by atoms with Gasteiger partial charge in [0.1, 0.15) is 36.1 Å². The lowest BCUT2D eigenvalue weighted by atomic mass is 9.92. The van der Waals surface area contributed by atoms with Crippen molar-refractivity contribution in [2.75, 3.05) is 18.3 Å². The maximum atomic E-state index is 13.5. The van der Waals surface area contributed by atoms with Crippen LogP contribution in [0.2, 0.25) is 5.28 Å². The molecule has 11 nitrogen and oxygen atoms in total. The summed E-state index contributed by atoms with van der Waals surface area (Å²) in [6, 6.07) is 1.43. The Morgan fingerprint density at radius 2 is 1.97 bits per heavy atom. The van der Waals surface area contributed by atoms with Crippen molar-refractivity contribution in [2.45, 2.75) is 62.2 Å². The molecule has 33 heavy (non-hydrogen) atoms. The maximum Gasteiger partial charge on any atom is 0.350 e. The third-order valence-electron chi connectivity index (χ3n) is 5.76. The van der Waals surface area contributed by atoms with Crippen molar-refractivity contribution in [2.24, 2.45) is 0 Å². The number of nitrogens with zero attached hydrogens (tertiary/aromatic N) is 3. The first-order valence-electron chi connectivity index (χ1n) is 10.3. The van der Waals surface area contributed by atoms with Gasteiger partial charge in [-0.05, 0) is 30.5 Å². The number of hydrogen-bond donors (Lipinski definition) is 5. The van der Waals surface area contributed by atoms with Gasteiger partial charge in [0.2, 0.25) is 11.2 Å². The van der Waals surface area contributed by atoms with Gasteiger partial charge in [0.25, 0.3) is 0 Å². The summed E-state index contributed by atoms with van der Waals surface area (Å²) in [5, 5.41) is 24.4. The van der Waals surface area contributed by atoms with Crippen molar-refractivity contribution in [3.8, 4) is 0 Å². The van der Waals surface area contributed by atoms with E-state index in [4.69, 9.17) is 30.9 Å². The minimum atomic E-state index is -4.39. The normalized spacial score (nSPS) is 28.5. The van der Waals surface area contributed by atoms with Crippen LogP contribution in [0.15, 0.2) is 12.3 Å². The van der Waals surface area contributed by atoms with Crippen LogP contribution in [0.3, 0.4) is 0 Å². The Bertz CT molecular complexity index is 1040. The van der Waals surface area contributed by atoms with Crippen LogP contribution in [0.25, 0.3) is 11.0 Å². The second-order valence-corrected chi connectivity index (χ2v) is 10.2. The minimum Gasteiger partial charge on any atom is -0.387 e. The average Bonchev–Trinajstić information content (AvgIpc) is 3.25. The van der Waals surface area contributed by atoms with E-state index in [1.54, 1.807) is 12.3 Å². The van der Waals surface area contributed by atoms with Crippen LogP contribution >= 0.6 is 19.2 Å². The molecule has 4 atom stereocenters. The molecule has 2 fully saturated rings. The van der Waals surface area contributed by atoms with Crippen LogP contribution in [-0.2, 0) is 14.0 Å². The van der Waals surface area contributed by atoms with Crippen LogP contribution in [0.5, 0.6) is 0 Å². The molecule has 4 rings (SSSR count). The van der Waals surface area contributed by atoms with Crippen LogP contribution in [0.4, 0.5) is 14.6 Å². The first kappa shape index (κ1) is 24.7. The summed E-state index contributed by atoms with van der Waals surface area (Å²) in [6.45, 7) is -0.353. The Morgan fingerprint density at radius 3 is 2.64 bits per heavy atom. The van der Waals surface area contributed by atoms with Gasteiger partial charge < -0.3 is 39.4 Å². The number of aliphatic hydroxyl groups excluding tert-OH is 2. The number of ether oxygens (including phenoxy) is 2. The van der Waals surface area contributed by atoms with Crippen molar-refractivity contribution in [3.63, 3.8) is 0 Å². The number of aromatic nitrogens is 3. The van der Waals surface area contributed by atoms with Crippen LogP contribution in [0, 0.1) is 0 Å². The van der Waals surface area contributed by atoms with Crippen molar-refractivity contribution in [1.29, 1.82) is 0 Å². The summed E-state index contributed by atoms with van der Waals surface area (Å²) in [5.41, 5.74) is 0.284. The largest absolute Gasteiger partial charge is 0.387 e. The lowest BCUT2D eigenvalue weighted by Gasteiger charge is -2.29. The highest BCUT2D eigenvalue weighted by Gasteiger charge is 2.44. The van der Waals surface area contributed by atoms with E-state index in [1.165, 1.54) is 4.57 Å². The van der Waals surface area contributed by atoms with Gasteiger partial charge in [0.05, 0.1) is 12.0 Å². The maximum absolute atomic E-state index is 13.5. The number of halogens is 3. The molecular weight excluding hydrogens is 489 g/mol. The molecule has 0 unspecified atom stereocenters. The molecular formula is C18H24ClF2N4O7P. The van der Waals surface area contributed by atoms with Gasteiger partial charge in [0.15, 0.2) is 6.23 Å². The molecule has 2 aliphatic rings. The van der Waals surface area contributed by atoms with E-state index in [-0.39, 0.29) is 49.3 Å². The second kappa shape index (κ2) is 9.31. The summed E-state index contributed by atoms with van der Waals surface area (Å²) in [6.07, 6.45) is -4.13. The summed E-state index contributed by atoms with van der Waals surface area (Å²) in [5.74, 6) is -2.31. The van der Waals surface area contributed by atoms with E-state index < -0.39 is 44.4 Å². The molecule has 0 radical (unpaired) electrons. The van der Waals surface area contributed by atoms with E-state index in [0.717, 1.165) is 0 Å². The highest BCUT2D eigenvalue weighted by atomic mass is 35.5. The Kier molecular flexibility index (Phi) is 6.96. The molecule has 184 valence electrons. The highest BCUT2D eigenvalue weighted by Crippen LogP contribution is 2.38. The summed E-state index contributed by atoms with van der Waals surface area (Å²) < 4.78 is 49.9. The molecule has 0 aromatic carbocycles. The van der Waals surface area contributed by atoms with E-state index in [1.807, 2.05) is 0 Å². The number of aliphatic hydroxyl groups is 2. The number of hydrogen-bond acceptors (Lipinski definition) is 8. The van der Waals surface area contributed by atoms with Crippen LogP contribution < -0.4 is 5.32 Å². The van der Waals surface area contributed by atoms with E-state index in [2.05, 4.69) is 15.3 Å². The smallest absolute Gasteiger partial charge is 0.350 e. The van der Waals surface area contributed by atoms with Gasteiger partial charge >= 0.3 is 7.60 Å². The van der Waals surface area contributed by atoms with E-state index in [9.17, 15) is 23.6 Å². The Labute approximate surface area is 191 Å². The summed E-state index contributed by atoms with van der Waals surface area (Å²) in [7, 11) is -4.39. The van der Waals surface area contributed by atoms with Gasteiger partial charge in [-0.3, -0.25) is 4.57 Å². The minimum absolute atomic E-state index is 0.111.